The van der Waals surface area contributed by atoms with Gasteiger partial charge < -0.3 is 14.9 Å². The maximum Gasteiger partial charge on any atom is 0.573 e. The molecule has 0 saturated heterocycles. The zero-order chi connectivity index (χ0) is 13.2. The van der Waals surface area contributed by atoms with Crippen molar-refractivity contribution >= 4 is 12.1 Å². The number of carbonyl (C=O) groups is 1. The monoisotopic (exact) mass is 252 g/mol. The molecule has 0 unspecified atom stereocenters. The third-order valence-electron chi connectivity index (χ3n) is 1.58. The van der Waals surface area contributed by atoms with Crippen molar-refractivity contribution in [3.63, 3.8) is 0 Å². The zero-order valence-corrected chi connectivity index (χ0v) is 7.78. The van der Waals surface area contributed by atoms with E-state index in [-0.39, 0.29) is 6.29 Å². The molecular formula is C7H3F3N2O5. The van der Waals surface area contributed by atoms with Gasteiger partial charge in [0.1, 0.15) is 11.8 Å². The van der Waals surface area contributed by atoms with Crippen LogP contribution in [-0.2, 0) is 0 Å². The fourth-order valence-electron chi connectivity index (χ4n) is 0.949. The van der Waals surface area contributed by atoms with Gasteiger partial charge >= 0.3 is 12.2 Å². The predicted molar refractivity (Wildman–Crippen MR) is 45.8 cm³/mol. The molecule has 0 radical (unpaired) electrons. The highest BCUT2D eigenvalue weighted by molar-refractivity contribution is 5.75. The molecule has 0 spiro atoms. The van der Waals surface area contributed by atoms with Crippen LogP contribution in [0.4, 0.5) is 19.0 Å². The number of rotatable bonds is 3. The SMILES string of the molecule is O=Cc1c[nH]c([N+](=O)[O-])c(OC(F)(F)F)c1=O. The second kappa shape index (κ2) is 4.23. The molecule has 1 aromatic rings. The van der Waals surface area contributed by atoms with E-state index in [0.29, 0.717) is 6.20 Å². The summed E-state index contributed by atoms with van der Waals surface area (Å²) in [4.78, 5) is 32.4. The summed E-state index contributed by atoms with van der Waals surface area (Å²) < 4.78 is 39.0. The van der Waals surface area contributed by atoms with Crippen molar-refractivity contribution in [3.8, 4) is 5.75 Å². The van der Waals surface area contributed by atoms with Crippen LogP contribution in [0.25, 0.3) is 0 Å². The highest BCUT2D eigenvalue weighted by Crippen LogP contribution is 2.26. The van der Waals surface area contributed by atoms with Crippen molar-refractivity contribution in [1.29, 1.82) is 0 Å². The topological polar surface area (TPSA) is 102 Å². The maximum absolute atomic E-state index is 11.9. The summed E-state index contributed by atoms with van der Waals surface area (Å²) in [5, 5.41) is 10.4. The van der Waals surface area contributed by atoms with Gasteiger partial charge in [0.2, 0.25) is 5.43 Å². The summed E-state index contributed by atoms with van der Waals surface area (Å²) in [7, 11) is 0. The molecule has 1 N–H and O–H groups in total. The van der Waals surface area contributed by atoms with Crippen molar-refractivity contribution in [2.45, 2.75) is 6.36 Å². The number of nitrogens with one attached hydrogen (secondary N) is 1. The van der Waals surface area contributed by atoms with E-state index < -0.39 is 33.8 Å². The molecule has 0 bridgehead atoms. The molecular weight excluding hydrogens is 249 g/mol. The Bertz CT molecular complexity index is 521. The Labute approximate surface area is 90.0 Å². The minimum Gasteiger partial charge on any atom is -0.392 e. The number of aromatic nitrogens is 1. The lowest BCUT2D eigenvalue weighted by Gasteiger charge is -2.08. The fraction of sp³-hybridized carbons (Fsp3) is 0.143. The van der Waals surface area contributed by atoms with Gasteiger partial charge in [-0.25, -0.2) is 4.98 Å². The first-order chi connectivity index (χ1) is 7.76. The van der Waals surface area contributed by atoms with Gasteiger partial charge in [0, 0.05) is 0 Å². The van der Waals surface area contributed by atoms with E-state index >= 15 is 0 Å². The van der Waals surface area contributed by atoms with Crippen LogP contribution in [0.15, 0.2) is 11.0 Å². The largest absolute Gasteiger partial charge is 0.573 e. The van der Waals surface area contributed by atoms with Gasteiger partial charge in [0.15, 0.2) is 6.29 Å². The number of nitrogens with zero attached hydrogens (tertiary/aromatic N) is 1. The highest BCUT2D eigenvalue weighted by atomic mass is 19.4. The van der Waals surface area contributed by atoms with Crippen LogP contribution in [-0.4, -0.2) is 22.6 Å². The summed E-state index contributed by atoms with van der Waals surface area (Å²) in [5.41, 5.74) is -2.22. The van der Waals surface area contributed by atoms with Crippen LogP contribution in [0.3, 0.4) is 0 Å². The number of aldehydes is 1. The van der Waals surface area contributed by atoms with E-state index in [1.165, 1.54) is 0 Å². The van der Waals surface area contributed by atoms with E-state index in [9.17, 15) is 32.9 Å². The van der Waals surface area contributed by atoms with Crippen molar-refractivity contribution in [1.82, 2.24) is 4.98 Å². The summed E-state index contributed by atoms with van der Waals surface area (Å²) >= 11 is 0. The second-order valence-electron chi connectivity index (χ2n) is 2.67. The number of hydrogen-bond acceptors (Lipinski definition) is 5. The van der Waals surface area contributed by atoms with Crippen LogP contribution in [0, 0.1) is 10.1 Å². The summed E-state index contributed by atoms with van der Waals surface area (Å²) in [6.45, 7) is 0. The van der Waals surface area contributed by atoms with Crippen molar-refractivity contribution in [2.75, 3.05) is 0 Å². The quantitative estimate of drug-likeness (QED) is 0.491. The molecule has 0 fully saturated rings. The second-order valence-corrected chi connectivity index (χ2v) is 2.67. The molecule has 1 aromatic heterocycles. The first kappa shape index (κ1) is 12.7. The number of pyridine rings is 1. The van der Waals surface area contributed by atoms with Gasteiger partial charge in [0.25, 0.3) is 5.75 Å². The Morgan fingerprint density at radius 1 is 1.47 bits per heavy atom. The average molecular weight is 252 g/mol. The van der Waals surface area contributed by atoms with Crippen LogP contribution in [0.2, 0.25) is 0 Å². The Morgan fingerprint density at radius 3 is 2.47 bits per heavy atom. The number of alkyl halides is 3. The number of ether oxygens (including phenoxy) is 1. The van der Waals surface area contributed by atoms with Gasteiger partial charge in [0.05, 0.1) is 0 Å². The number of H-pyrrole nitrogens is 1. The summed E-state index contributed by atoms with van der Waals surface area (Å²) in [6, 6.07) is 0. The molecule has 0 aromatic carbocycles. The summed E-state index contributed by atoms with van der Waals surface area (Å²) in [6.07, 6.45) is -4.71. The number of nitro groups is 1. The Balaban J connectivity index is 3.46. The lowest BCUT2D eigenvalue weighted by Crippen LogP contribution is -2.24. The smallest absolute Gasteiger partial charge is 0.392 e. The van der Waals surface area contributed by atoms with Crippen molar-refractivity contribution < 1.29 is 27.6 Å². The molecule has 0 aliphatic carbocycles. The lowest BCUT2D eigenvalue weighted by molar-refractivity contribution is -0.393. The predicted octanol–water partition coefficient (Wildman–Crippen LogP) is 0.994. The van der Waals surface area contributed by atoms with E-state index in [1.54, 1.807) is 4.98 Å². The minimum absolute atomic E-state index is 0.0498. The van der Waals surface area contributed by atoms with Crippen LogP contribution in [0.1, 0.15) is 10.4 Å². The van der Waals surface area contributed by atoms with Gasteiger partial charge in [-0.05, 0) is 4.92 Å². The normalized spacial score (nSPS) is 11.0. The molecule has 0 aliphatic heterocycles. The summed E-state index contributed by atoms with van der Waals surface area (Å²) in [5.74, 6) is -2.86. The molecule has 0 amide bonds. The number of halogens is 3. The highest BCUT2D eigenvalue weighted by Gasteiger charge is 2.36. The molecule has 7 nitrogen and oxygen atoms in total. The van der Waals surface area contributed by atoms with Gasteiger partial charge in [-0.15, -0.1) is 13.2 Å². The molecule has 10 heteroatoms. The van der Waals surface area contributed by atoms with Crippen LogP contribution >= 0.6 is 0 Å². The molecule has 17 heavy (non-hydrogen) atoms. The third kappa shape index (κ3) is 2.80. The van der Waals surface area contributed by atoms with Crippen molar-refractivity contribution in [2.24, 2.45) is 0 Å². The molecule has 1 heterocycles. The molecule has 92 valence electrons. The van der Waals surface area contributed by atoms with E-state index in [1.807, 2.05) is 0 Å². The fourth-order valence-corrected chi connectivity index (χ4v) is 0.949. The van der Waals surface area contributed by atoms with Crippen molar-refractivity contribution in [3.05, 3.63) is 32.1 Å². The number of hydrogen-bond donors (Lipinski definition) is 1. The minimum atomic E-state index is -5.28. The lowest BCUT2D eigenvalue weighted by atomic mass is 10.3. The molecule has 0 aliphatic rings. The third-order valence-corrected chi connectivity index (χ3v) is 1.58. The first-order valence-electron chi connectivity index (χ1n) is 3.87. The molecule has 1 rings (SSSR count). The Kier molecular flexibility index (Phi) is 3.16. The van der Waals surface area contributed by atoms with Gasteiger partial charge in [-0.3, -0.25) is 9.59 Å². The Morgan fingerprint density at radius 2 is 2.06 bits per heavy atom. The average Bonchev–Trinajstić information content (AvgIpc) is 2.18. The standard InChI is InChI=1S/C7H3F3N2O5/c8-7(9,10)17-5-4(14)3(2-13)1-11-6(5)12(15)16/h1-2H,(H,11,14). The molecule has 0 saturated carbocycles. The van der Waals surface area contributed by atoms with Gasteiger partial charge in [-0.1, -0.05) is 0 Å². The van der Waals surface area contributed by atoms with Crippen LogP contribution < -0.4 is 10.2 Å². The Hall–Kier alpha value is -2.39. The van der Waals surface area contributed by atoms with E-state index in [2.05, 4.69) is 4.74 Å². The van der Waals surface area contributed by atoms with Gasteiger partial charge in [-0.2, -0.15) is 0 Å². The maximum atomic E-state index is 11.9. The number of carbonyl (C=O) groups excluding carboxylic acids is 1. The zero-order valence-electron chi connectivity index (χ0n) is 7.78. The van der Waals surface area contributed by atoms with Crippen LogP contribution in [0.5, 0.6) is 5.75 Å². The molecule has 0 atom stereocenters. The first-order valence-corrected chi connectivity index (χ1v) is 3.87. The van der Waals surface area contributed by atoms with E-state index in [4.69, 9.17) is 0 Å². The number of aromatic amines is 1. The van der Waals surface area contributed by atoms with E-state index in [0.717, 1.165) is 0 Å².